The topological polar surface area (TPSA) is 41.5 Å². The lowest BCUT2D eigenvalue weighted by Gasteiger charge is -2.16. The summed E-state index contributed by atoms with van der Waals surface area (Å²) in [6, 6.07) is 5.89. The van der Waals surface area contributed by atoms with Crippen molar-refractivity contribution in [3.05, 3.63) is 29.3 Å². The molecule has 0 fully saturated rings. The van der Waals surface area contributed by atoms with Gasteiger partial charge >= 0.3 is 0 Å². The number of nitrogens with one attached hydrogen (secondary N) is 1. The highest BCUT2D eigenvalue weighted by Crippen LogP contribution is 2.25. The fourth-order valence-corrected chi connectivity index (χ4v) is 2.45. The van der Waals surface area contributed by atoms with E-state index in [1.165, 1.54) is 12.2 Å². The van der Waals surface area contributed by atoms with Gasteiger partial charge in [-0.2, -0.15) is 11.8 Å². The van der Waals surface area contributed by atoms with Crippen LogP contribution in [0.2, 0.25) is 0 Å². The number of aryl methyl sites for hydroxylation is 1. The van der Waals surface area contributed by atoms with E-state index < -0.39 is 6.10 Å². The van der Waals surface area contributed by atoms with Gasteiger partial charge in [0, 0.05) is 12.1 Å². The molecule has 2 N–H and O–H groups in total. The van der Waals surface area contributed by atoms with Crippen LogP contribution in [-0.4, -0.2) is 37.3 Å². The van der Waals surface area contributed by atoms with E-state index in [9.17, 15) is 5.11 Å². The fraction of sp³-hybridized carbons (Fsp3) is 0.600. The summed E-state index contributed by atoms with van der Waals surface area (Å²) in [5, 5.41) is 13.5. The first-order valence-corrected chi connectivity index (χ1v) is 8.10. The molecule has 0 heterocycles. The first-order chi connectivity index (χ1) is 9.19. The molecule has 0 amide bonds. The van der Waals surface area contributed by atoms with E-state index in [0.29, 0.717) is 6.54 Å². The van der Waals surface area contributed by atoms with E-state index in [1.54, 1.807) is 7.11 Å². The molecular formula is C15H25NO2S. The lowest BCUT2D eigenvalue weighted by Crippen LogP contribution is -2.23. The van der Waals surface area contributed by atoms with Crippen molar-refractivity contribution in [1.29, 1.82) is 0 Å². The van der Waals surface area contributed by atoms with E-state index in [0.717, 1.165) is 29.8 Å². The molecule has 108 valence electrons. The number of aliphatic hydroxyl groups excluding tert-OH is 1. The molecule has 0 bridgehead atoms. The molecule has 19 heavy (non-hydrogen) atoms. The molecule has 3 nitrogen and oxygen atoms in total. The summed E-state index contributed by atoms with van der Waals surface area (Å²) in [6.45, 7) is 3.54. The SMILES string of the molecule is COc1ccc(C)cc1C(O)CNCCCCSC. The van der Waals surface area contributed by atoms with Crippen molar-refractivity contribution in [1.82, 2.24) is 5.32 Å². The van der Waals surface area contributed by atoms with Crippen LogP contribution >= 0.6 is 11.8 Å². The number of hydrogen-bond acceptors (Lipinski definition) is 4. The molecule has 1 atom stereocenters. The molecule has 0 aromatic heterocycles. The van der Waals surface area contributed by atoms with E-state index in [-0.39, 0.29) is 0 Å². The van der Waals surface area contributed by atoms with E-state index in [4.69, 9.17) is 4.74 Å². The highest BCUT2D eigenvalue weighted by atomic mass is 32.2. The Bertz CT molecular complexity index is 371. The van der Waals surface area contributed by atoms with E-state index in [2.05, 4.69) is 11.6 Å². The molecule has 0 aliphatic carbocycles. The summed E-state index contributed by atoms with van der Waals surface area (Å²) >= 11 is 1.88. The van der Waals surface area contributed by atoms with Crippen LogP contribution in [0.5, 0.6) is 5.75 Å². The molecular weight excluding hydrogens is 258 g/mol. The molecule has 0 radical (unpaired) electrons. The molecule has 1 rings (SSSR count). The normalized spacial score (nSPS) is 12.4. The number of hydrogen-bond donors (Lipinski definition) is 2. The van der Waals surface area contributed by atoms with Crippen molar-refractivity contribution < 1.29 is 9.84 Å². The second-order valence-corrected chi connectivity index (χ2v) is 5.65. The van der Waals surface area contributed by atoms with Crippen LogP contribution in [0.25, 0.3) is 0 Å². The highest BCUT2D eigenvalue weighted by Gasteiger charge is 2.12. The molecule has 0 spiro atoms. The minimum atomic E-state index is -0.518. The molecule has 1 aromatic rings. The van der Waals surface area contributed by atoms with E-state index >= 15 is 0 Å². The van der Waals surface area contributed by atoms with Crippen LogP contribution < -0.4 is 10.1 Å². The van der Waals surface area contributed by atoms with Gasteiger partial charge < -0.3 is 15.2 Å². The van der Waals surface area contributed by atoms with Crippen molar-refractivity contribution in [2.24, 2.45) is 0 Å². The minimum absolute atomic E-state index is 0.518. The van der Waals surface area contributed by atoms with Gasteiger partial charge in [-0.1, -0.05) is 11.6 Å². The van der Waals surface area contributed by atoms with Gasteiger partial charge in [-0.05, 0) is 50.5 Å². The van der Waals surface area contributed by atoms with Gasteiger partial charge in [0.1, 0.15) is 5.75 Å². The predicted octanol–water partition coefficient (Wildman–Crippen LogP) is 2.77. The molecule has 0 aliphatic heterocycles. The van der Waals surface area contributed by atoms with Crippen LogP contribution in [0.15, 0.2) is 18.2 Å². The number of ether oxygens (including phenoxy) is 1. The molecule has 0 saturated heterocycles. The van der Waals surface area contributed by atoms with Crippen molar-refractivity contribution in [3.8, 4) is 5.75 Å². The molecule has 1 unspecified atom stereocenters. The van der Waals surface area contributed by atoms with E-state index in [1.807, 2.05) is 36.9 Å². The number of rotatable bonds is 9. The minimum Gasteiger partial charge on any atom is -0.496 e. The maximum absolute atomic E-state index is 10.2. The maximum atomic E-state index is 10.2. The van der Waals surface area contributed by atoms with Gasteiger partial charge in [0.25, 0.3) is 0 Å². The summed E-state index contributed by atoms with van der Waals surface area (Å²) in [5.74, 6) is 1.96. The zero-order valence-corrected chi connectivity index (χ0v) is 12.9. The molecule has 4 heteroatoms. The number of aliphatic hydroxyl groups is 1. The summed E-state index contributed by atoms with van der Waals surface area (Å²) < 4.78 is 5.29. The third-order valence-electron chi connectivity index (χ3n) is 3.03. The Labute approximate surface area is 120 Å². The van der Waals surface area contributed by atoms with Crippen LogP contribution in [0, 0.1) is 6.92 Å². The van der Waals surface area contributed by atoms with Gasteiger partial charge in [0.2, 0.25) is 0 Å². The van der Waals surface area contributed by atoms with Crippen molar-refractivity contribution in [3.63, 3.8) is 0 Å². The Morgan fingerprint density at radius 1 is 1.37 bits per heavy atom. The Kier molecular flexibility index (Phi) is 7.94. The van der Waals surface area contributed by atoms with Crippen molar-refractivity contribution >= 4 is 11.8 Å². The van der Waals surface area contributed by atoms with Gasteiger partial charge in [-0.3, -0.25) is 0 Å². The number of methoxy groups -OCH3 is 1. The number of unbranched alkanes of at least 4 members (excludes halogenated alkanes) is 1. The quantitative estimate of drug-likeness (QED) is 0.684. The smallest absolute Gasteiger partial charge is 0.124 e. The zero-order chi connectivity index (χ0) is 14.1. The third kappa shape index (κ3) is 5.85. The molecule has 0 aliphatic rings. The molecule has 0 saturated carbocycles. The largest absolute Gasteiger partial charge is 0.496 e. The van der Waals surface area contributed by atoms with Crippen LogP contribution in [-0.2, 0) is 0 Å². The standard InChI is InChI=1S/C15H25NO2S/c1-12-6-7-15(18-2)13(10-12)14(17)11-16-8-4-5-9-19-3/h6-7,10,14,16-17H,4-5,8-9,11H2,1-3H3. The van der Waals surface area contributed by atoms with Crippen molar-refractivity contribution in [2.75, 3.05) is 32.2 Å². The van der Waals surface area contributed by atoms with Gasteiger partial charge in [0.15, 0.2) is 0 Å². The zero-order valence-electron chi connectivity index (χ0n) is 12.1. The van der Waals surface area contributed by atoms with Crippen molar-refractivity contribution in [2.45, 2.75) is 25.9 Å². The summed E-state index contributed by atoms with van der Waals surface area (Å²) in [6.07, 6.45) is 3.98. The summed E-state index contributed by atoms with van der Waals surface area (Å²) in [7, 11) is 1.64. The van der Waals surface area contributed by atoms with Crippen LogP contribution in [0.4, 0.5) is 0 Å². The average molecular weight is 283 g/mol. The number of thioether (sulfide) groups is 1. The monoisotopic (exact) mass is 283 g/mol. The van der Waals surface area contributed by atoms with Crippen LogP contribution in [0.3, 0.4) is 0 Å². The average Bonchev–Trinajstić information content (AvgIpc) is 2.42. The second-order valence-electron chi connectivity index (χ2n) is 4.67. The van der Waals surface area contributed by atoms with Gasteiger partial charge in [0.05, 0.1) is 13.2 Å². The first-order valence-electron chi connectivity index (χ1n) is 6.71. The first kappa shape index (κ1) is 16.3. The Morgan fingerprint density at radius 3 is 2.84 bits per heavy atom. The Hall–Kier alpha value is -0.710. The second kappa shape index (κ2) is 9.23. The Balaban J connectivity index is 2.40. The van der Waals surface area contributed by atoms with Gasteiger partial charge in [-0.15, -0.1) is 0 Å². The summed E-state index contributed by atoms with van der Waals surface area (Å²) in [5.41, 5.74) is 1.99. The van der Waals surface area contributed by atoms with Gasteiger partial charge in [-0.25, -0.2) is 0 Å². The Morgan fingerprint density at radius 2 is 2.16 bits per heavy atom. The lowest BCUT2D eigenvalue weighted by atomic mass is 10.1. The van der Waals surface area contributed by atoms with Crippen LogP contribution in [0.1, 0.15) is 30.1 Å². The predicted molar refractivity (Wildman–Crippen MR) is 83.2 cm³/mol. The summed E-state index contributed by atoms with van der Waals surface area (Å²) in [4.78, 5) is 0. The lowest BCUT2D eigenvalue weighted by molar-refractivity contribution is 0.170. The number of benzene rings is 1. The highest BCUT2D eigenvalue weighted by molar-refractivity contribution is 7.98. The third-order valence-corrected chi connectivity index (χ3v) is 3.73. The fourth-order valence-electron chi connectivity index (χ4n) is 1.96. The molecule has 1 aromatic carbocycles. The maximum Gasteiger partial charge on any atom is 0.124 e.